The summed E-state index contributed by atoms with van der Waals surface area (Å²) in [5, 5.41) is 9.04. The van der Waals surface area contributed by atoms with E-state index >= 15 is 0 Å². The maximum absolute atomic E-state index is 9.04. The number of rotatable bonds is 7. The molecule has 0 aliphatic carbocycles. The Hall–Kier alpha value is -0.800. The van der Waals surface area contributed by atoms with Crippen LogP contribution >= 0.6 is 0 Å². The van der Waals surface area contributed by atoms with Crippen molar-refractivity contribution in [3.63, 3.8) is 0 Å². The van der Waals surface area contributed by atoms with E-state index in [1.165, 1.54) is 5.56 Å². The van der Waals surface area contributed by atoms with E-state index in [0.717, 1.165) is 25.9 Å². The highest BCUT2D eigenvalue weighted by molar-refractivity contribution is 5.05. The standard InChI is InChI=1S/C12H21NO2/c1-3-12(4-2)13(6-7-14)9-11-5-8-15-10-11/h5,8,10,12,14H,3-4,6-7,9H2,1-2H3. The molecule has 0 saturated carbocycles. The highest BCUT2D eigenvalue weighted by Crippen LogP contribution is 2.13. The monoisotopic (exact) mass is 211 g/mol. The molecule has 0 atom stereocenters. The van der Waals surface area contributed by atoms with Gasteiger partial charge in [0.25, 0.3) is 0 Å². The molecule has 0 radical (unpaired) electrons. The van der Waals surface area contributed by atoms with Crippen LogP contribution < -0.4 is 0 Å². The van der Waals surface area contributed by atoms with Gasteiger partial charge in [-0.05, 0) is 18.9 Å². The Morgan fingerprint density at radius 3 is 2.60 bits per heavy atom. The lowest BCUT2D eigenvalue weighted by Gasteiger charge is -2.29. The van der Waals surface area contributed by atoms with Gasteiger partial charge in [0.15, 0.2) is 0 Å². The maximum Gasteiger partial charge on any atom is 0.0947 e. The zero-order chi connectivity index (χ0) is 11.1. The Balaban J connectivity index is 2.56. The van der Waals surface area contributed by atoms with Crippen LogP contribution in [-0.2, 0) is 6.54 Å². The molecule has 0 bridgehead atoms. The van der Waals surface area contributed by atoms with E-state index in [4.69, 9.17) is 9.52 Å². The first-order chi connectivity index (χ1) is 7.31. The summed E-state index contributed by atoms with van der Waals surface area (Å²) in [4.78, 5) is 2.31. The lowest BCUT2D eigenvalue weighted by atomic mass is 10.1. The van der Waals surface area contributed by atoms with Crippen LogP contribution in [0.2, 0.25) is 0 Å². The van der Waals surface area contributed by atoms with Crippen molar-refractivity contribution in [2.75, 3.05) is 13.2 Å². The summed E-state index contributed by atoms with van der Waals surface area (Å²) < 4.78 is 5.05. The van der Waals surface area contributed by atoms with Crippen LogP contribution in [0.1, 0.15) is 32.3 Å². The lowest BCUT2D eigenvalue weighted by Crippen LogP contribution is -2.36. The Labute approximate surface area is 91.7 Å². The molecule has 0 saturated heterocycles. The second-order valence-electron chi connectivity index (χ2n) is 3.80. The number of aliphatic hydroxyl groups excluding tert-OH is 1. The molecule has 1 aromatic heterocycles. The van der Waals surface area contributed by atoms with Gasteiger partial charge in [-0.25, -0.2) is 0 Å². The summed E-state index contributed by atoms with van der Waals surface area (Å²) in [6.07, 6.45) is 5.70. The molecular weight excluding hydrogens is 190 g/mol. The maximum atomic E-state index is 9.04. The Bertz CT molecular complexity index is 242. The minimum Gasteiger partial charge on any atom is -0.472 e. The molecule has 0 aliphatic heterocycles. The molecule has 0 aromatic carbocycles. The van der Waals surface area contributed by atoms with E-state index < -0.39 is 0 Å². The molecule has 0 amide bonds. The fraction of sp³-hybridized carbons (Fsp3) is 0.667. The fourth-order valence-corrected chi connectivity index (χ4v) is 1.94. The molecule has 86 valence electrons. The first-order valence-electron chi connectivity index (χ1n) is 5.67. The Morgan fingerprint density at radius 1 is 1.40 bits per heavy atom. The van der Waals surface area contributed by atoms with Gasteiger partial charge in [-0.15, -0.1) is 0 Å². The van der Waals surface area contributed by atoms with Crippen molar-refractivity contribution in [1.29, 1.82) is 0 Å². The number of aliphatic hydroxyl groups is 1. The van der Waals surface area contributed by atoms with Crippen molar-refractivity contribution in [2.45, 2.75) is 39.3 Å². The Kier molecular flexibility index (Phi) is 5.43. The van der Waals surface area contributed by atoms with Crippen LogP contribution in [0.4, 0.5) is 0 Å². The second-order valence-corrected chi connectivity index (χ2v) is 3.80. The molecule has 15 heavy (non-hydrogen) atoms. The third-order valence-corrected chi connectivity index (χ3v) is 2.81. The molecule has 1 heterocycles. The molecule has 3 nitrogen and oxygen atoms in total. The topological polar surface area (TPSA) is 36.6 Å². The number of hydrogen-bond donors (Lipinski definition) is 1. The second kappa shape index (κ2) is 6.64. The summed E-state index contributed by atoms with van der Waals surface area (Å²) in [7, 11) is 0. The van der Waals surface area contributed by atoms with Gasteiger partial charge >= 0.3 is 0 Å². The molecule has 0 fully saturated rings. The molecule has 1 N–H and O–H groups in total. The van der Waals surface area contributed by atoms with Crippen molar-refractivity contribution >= 4 is 0 Å². The van der Waals surface area contributed by atoms with Gasteiger partial charge in [0.2, 0.25) is 0 Å². The van der Waals surface area contributed by atoms with Crippen LogP contribution in [0.25, 0.3) is 0 Å². The van der Waals surface area contributed by atoms with Crippen molar-refractivity contribution in [3.8, 4) is 0 Å². The third-order valence-electron chi connectivity index (χ3n) is 2.81. The van der Waals surface area contributed by atoms with Crippen molar-refractivity contribution in [1.82, 2.24) is 4.90 Å². The van der Waals surface area contributed by atoms with Gasteiger partial charge < -0.3 is 9.52 Å². The van der Waals surface area contributed by atoms with Crippen LogP contribution in [0, 0.1) is 0 Å². The average molecular weight is 211 g/mol. The van der Waals surface area contributed by atoms with Crippen molar-refractivity contribution in [3.05, 3.63) is 24.2 Å². The molecule has 0 aliphatic rings. The summed E-state index contributed by atoms with van der Waals surface area (Å²) in [5.74, 6) is 0. The minimum atomic E-state index is 0.217. The number of hydrogen-bond acceptors (Lipinski definition) is 3. The normalized spacial score (nSPS) is 11.5. The summed E-state index contributed by atoms with van der Waals surface area (Å²) in [6, 6.07) is 2.53. The van der Waals surface area contributed by atoms with E-state index in [-0.39, 0.29) is 6.61 Å². The van der Waals surface area contributed by atoms with E-state index in [1.807, 2.05) is 6.07 Å². The van der Waals surface area contributed by atoms with E-state index in [0.29, 0.717) is 6.04 Å². The minimum absolute atomic E-state index is 0.217. The summed E-state index contributed by atoms with van der Waals surface area (Å²) >= 11 is 0. The smallest absolute Gasteiger partial charge is 0.0947 e. The van der Waals surface area contributed by atoms with E-state index in [2.05, 4.69) is 18.7 Å². The first kappa shape index (κ1) is 12.3. The summed E-state index contributed by atoms with van der Waals surface area (Å²) in [6.45, 7) is 6.19. The number of nitrogens with zero attached hydrogens (tertiary/aromatic N) is 1. The van der Waals surface area contributed by atoms with Gasteiger partial charge in [0.1, 0.15) is 0 Å². The number of furan rings is 1. The predicted molar refractivity (Wildman–Crippen MR) is 60.6 cm³/mol. The molecule has 1 aromatic rings. The molecule has 0 unspecified atom stereocenters. The van der Waals surface area contributed by atoms with Gasteiger partial charge in [-0.1, -0.05) is 13.8 Å². The third kappa shape index (κ3) is 3.68. The zero-order valence-electron chi connectivity index (χ0n) is 9.65. The quantitative estimate of drug-likeness (QED) is 0.751. The predicted octanol–water partition coefficient (Wildman–Crippen LogP) is 2.26. The highest BCUT2D eigenvalue weighted by Gasteiger charge is 2.14. The average Bonchev–Trinajstić information content (AvgIpc) is 2.72. The molecule has 3 heteroatoms. The van der Waals surface area contributed by atoms with E-state index in [1.54, 1.807) is 12.5 Å². The van der Waals surface area contributed by atoms with Gasteiger partial charge in [0.05, 0.1) is 19.1 Å². The summed E-state index contributed by atoms with van der Waals surface area (Å²) in [5.41, 5.74) is 1.18. The van der Waals surface area contributed by atoms with Gasteiger partial charge in [0, 0.05) is 24.7 Å². The van der Waals surface area contributed by atoms with Crippen molar-refractivity contribution < 1.29 is 9.52 Å². The first-order valence-corrected chi connectivity index (χ1v) is 5.67. The molecule has 0 spiro atoms. The molecule has 1 rings (SSSR count). The lowest BCUT2D eigenvalue weighted by molar-refractivity contribution is 0.136. The van der Waals surface area contributed by atoms with Crippen molar-refractivity contribution in [2.24, 2.45) is 0 Å². The highest BCUT2D eigenvalue weighted by atomic mass is 16.3. The largest absolute Gasteiger partial charge is 0.472 e. The van der Waals surface area contributed by atoms with Crippen LogP contribution in [0.5, 0.6) is 0 Å². The van der Waals surface area contributed by atoms with Crippen LogP contribution in [-0.4, -0.2) is 29.2 Å². The van der Waals surface area contributed by atoms with Gasteiger partial charge in [-0.2, -0.15) is 0 Å². The molecular formula is C12H21NO2. The zero-order valence-corrected chi connectivity index (χ0v) is 9.65. The fourth-order valence-electron chi connectivity index (χ4n) is 1.94. The van der Waals surface area contributed by atoms with Crippen LogP contribution in [0.3, 0.4) is 0 Å². The van der Waals surface area contributed by atoms with Crippen LogP contribution in [0.15, 0.2) is 23.0 Å². The SMILES string of the molecule is CCC(CC)N(CCO)Cc1ccoc1. The Morgan fingerprint density at radius 2 is 2.13 bits per heavy atom. The van der Waals surface area contributed by atoms with Gasteiger partial charge in [-0.3, -0.25) is 4.90 Å². The van der Waals surface area contributed by atoms with E-state index in [9.17, 15) is 0 Å².